The van der Waals surface area contributed by atoms with Gasteiger partial charge in [-0.05, 0) is 0 Å². The maximum atomic E-state index is 0. The first-order valence-corrected chi connectivity index (χ1v) is 0. The molecule has 0 saturated carbocycles. The van der Waals surface area contributed by atoms with E-state index in [1.54, 1.807) is 0 Å². The first-order chi connectivity index (χ1) is 0. The molecule has 0 aromatic rings. The Hall–Kier alpha value is 4.34. The second-order valence-corrected chi connectivity index (χ2v) is 0. The Morgan fingerprint density at radius 2 is 1.00 bits per heavy atom. The molecule has 0 bridgehead atoms. The monoisotopic (exact) mass is 377 g/mol. The molecule has 0 spiro atoms. The van der Waals surface area contributed by atoms with Crippen molar-refractivity contribution in [3.63, 3.8) is 0 Å². The van der Waals surface area contributed by atoms with Gasteiger partial charge in [0.05, 0.1) is 0 Å². The van der Waals surface area contributed by atoms with E-state index in [4.69, 9.17) is 0 Å². The quantitative estimate of drug-likeness (QED) is 0.480. The van der Waals surface area contributed by atoms with Crippen molar-refractivity contribution in [2.75, 3.05) is 0 Å². The van der Waals surface area contributed by atoms with E-state index in [1.165, 1.54) is 0 Å². The van der Waals surface area contributed by atoms with Crippen LogP contribution in [0.15, 0.2) is 0 Å². The molecule has 3 radical (unpaired) electrons. The van der Waals surface area contributed by atoms with Crippen LogP contribution in [-0.4, -0.2) is 37.7 Å². The van der Waals surface area contributed by atoms with Gasteiger partial charge in [-0.25, -0.2) is 0 Å². The predicted octanol–water partition coefficient (Wildman–Crippen LogP) is -0.919. The van der Waals surface area contributed by atoms with Crippen molar-refractivity contribution >= 4 is 37.7 Å². The van der Waals surface area contributed by atoms with Gasteiger partial charge in [-0.1, -0.05) is 0 Å². The van der Waals surface area contributed by atoms with Crippen molar-refractivity contribution in [3.8, 4) is 0 Å². The van der Waals surface area contributed by atoms with Crippen molar-refractivity contribution in [2.24, 2.45) is 0 Å². The summed E-state index contributed by atoms with van der Waals surface area (Å²) in [6, 6.07) is 0. The van der Waals surface area contributed by atoms with Crippen LogP contribution in [0.4, 0.5) is 0 Å². The molecule has 0 amide bonds. The molecule has 17 valence electrons. The van der Waals surface area contributed by atoms with Gasteiger partial charge in [0, 0.05) is 94.0 Å². The van der Waals surface area contributed by atoms with Crippen LogP contribution in [0.5, 0.6) is 0 Å². The molecule has 0 aliphatic carbocycles. The minimum atomic E-state index is 0. The van der Waals surface area contributed by atoms with Crippen LogP contribution < -0.4 is 0 Å². The van der Waals surface area contributed by atoms with E-state index in [0.717, 1.165) is 0 Å². The summed E-state index contributed by atoms with van der Waals surface area (Å²) >= 11 is 0. The van der Waals surface area contributed by atoms with Gasteiger partial charge in [0.25, 0.3) is 0 Å². The van der Waals surface area contributed by atoms with Crippen molar-refractivity contribution in [2.45, 2.75) is 0 Å². The maximum Gasteiger partial charge on any atom is 0 e. The zero-order valence-electron chi connectivity index (χ0n) is 1.53. The SMILES string of the molecule is [CaH2].[La].[Mn].[Pr]. The van der Waals surface area contributed by atoms with Gasteiger partial charge in [-0.3, -0.25) is 0 Å². The van der Waals surface area contributed by atoms with Gasteiger partial charge in [0.2, 0.25) is 0 Å². The van der Waals surface area contributed by atoms with E-state index in [1.807, 2.05) is 0 Å². The number of hydrogen-bond donors (Lipinski definition) is 0. The molecule has 0 fully saturated rings. The Morgan fingerprint density at radius 3 is 1.00 bits per heavy atom. The first kappa shape index (κ1) is 23.9. The third-order valence-electron chi connectivity index (χ3n) is 0. The Kier molecular flexibility index (Phi) is 93.4. The number of hydrogen-bond acceptors (Lipinski definition) is 0. The van der Waals surface area contributed by atoms with E-state index in [-0.39, 0.29) is 132 Å². The third-order valence-corrected chi connectivity index (χ3v) is 0. The van der Waals surface area contributed by atoms with Crippen LogP contribution in [-0.2, 0) is 17.1 Å². The Bertz CT molecular complexity index is 8.00. The van der Waals surface area contributed by atoms with Gasteiger partial charge < -0.3 is 0 Å². The summed E-state index contributed by atoms with van der Waals surface area (Å²) in [5, 5.41) is 0. The molecule has 0 N–H and O–H groups in total. The molecule has 0 atom stereocenters. The average molecular weight is 377 g/mol. The summed E-state index contributed by atoms with van der Waals surface area (Å²) in [7, 11) is 0. The van der Waals surface area contributed by atoms with Crippen LogP contribution in [0.25, 0.3) is 0 Å². The minimum Gasteiger partial charge on any atom is 0 e. The summed E-state index contributed by atoms with van der Waals surface area (Å²) in [5.41, 5.74) is 0. The van der Waals surface area contributed by atoms with E-state index in [0.29, 0.717) is 0 Å². The fourth-order valence-corrected chi connectivity index (χ4v) is 0. The summed E-state index contributed by atoms with van der Waals surface area (Å²) in [5.74, 6) is 0. The van der Waals surface area contributed by atoms with Crippen LogP contribution in [0.2, 0.25) is 0 Å². The van der Waals surface area contributed by atoms with Gasteiger partial charge in [-0.15, -0.1) is 0 Å². The Morgan fingerprint density at radius 1 is 1.00 bits per heavy atom. The fourth-order valence-electron chi connectivity index (χ4n) is 0. The van der Waals surface area contributed by atoms with Crippen LogP contribution in [0.1, 0.15) is 0 Å². The maximum absolute atomic E-state index is 0. The van der Waals surface area contributed by atoms with Crippen LogP contribution in [0, 0.1) is 76.9 Å². The molecule has 0 heterocycles. The molecule has 0 nitrogen and oxygen atoms in total. The van der Waals surface area contributed by atoms with E-state index in [9.17, 15) is 0 Å². The first-order valence-electron chi connectivity index (χ1n) is 0. The molecule has 0 aromatic carbocycles. The second kappa shape index (κ2) is 15.7. The van der Waals surface area contributed by atoms with Crippen molar-refractivity contribution in [3.05, 3.63) is 0 Å². The van der Waals surface area contributed by atoms with Gasteiger partial charge >= 0.3 is 37.7 Å². The van der Waals surface area contributed by atoms with E-state index in [2.05, 4.69) is 0 Å². The molecular formula is H2CaLaMnPr. The molecule has 4 heavy (non-hydrogen) atoms. The molecule has 0 aromatic heterocycles. The molecule has 0 rings (SSSR count). The topological polar surface area (TPSA) is 0 Å². The largest absolute Gasteiger partial charge is 0 e. The van der Waals surface area contributed by atoms with E-state index < -0.39 is 0 Å². The molecule has 0 aliphatic rings. The summed E-state index contributed by atoms with van der Waals surface area (Å²) in [4.78, 5) is 0. The zero-order chi connectivity index (χ0) is 0. The average Bonchev–Trinajstić information content (AvgIpc) is 0. The molecule has 0 aliphatic heterocycles. The van der Waals surface area contributed by atoms with E-state index >= 15 is 0 Å². The van der Waals surface area contributed by atoms with Gasteiger partial charge in [-0.2, -0.15) is 0 Å². The summed E-state index contributed by atoms with van der Waals surface area (Å²) < 4.78 is 0. The molecule has 0 unspecified atom stereocenters. The molecule has 0 saturated heterocycles. The summed E-state index contributed by atoms with van der Waals surface area (Å²) in [6.07, 6.45) is 0. The van der Waals surface area contributed by atoms with Gasteiger partial charge in [0.1, 0.15) is 0 Å². The Balaban J connectivity index is 0. The summed E-state index contributed by atoms with van der Waals surface area (Å²) in [6.45, 7) is 0. The van der Waals surface area contributed by atoms with Crippen molar-refractivity contribution in [1.29, 1.82) is 0 Å². The third kappa shape index (κ3) is 9.60. The number of rotatable bonds is 0. The zero-order valence-corrected chi connectivity index (χ0v) is 10.0. The van der Waals surface area contributed by atoms with Crippen molar-refractivity contribution in [1.82, 2.24) is 0 Å². The molecule has 4 heteroatoms. The second-order valence-electron chi connectivity index (χ2n) is 0. The van der Waals surface area contributed by atoms with Gasteiger partial charge in [0.15, 0.2) is 0 Å². The minimum absolute atomic E-state index is 0. The standard InChI is InChI=1S/Ca.La.Mn.Pr.2H. The fraction of sp³-hybridized carbons (Fsp3) is 0. The van der Waals surface area contributed by atoms with Crippen molar-refractivity contribution < 1.29 is 94.0 Å². The smallest absolute Gasteiger partial charge is 0 e. The Labute approximate surface area is 128 Å². The normalized spacial score (nSPS) is 0. The van der Waals surface area contributed by atoms with Crippen LogP contribution >= 0.6 is 0 Å². The van der Waals surface area contributed by atoms with Crippen LogP contribution in [0.3, 0.4) is 0 Å². The predicted molar refractivity (Wildman–Crippen MR) is 8.54 cm³/mol. The molecular weight excluding hydrogens is 375 g/mol.